The molecule has 0 bridgehead atoms. The van der Waals surface area contributed by atoms with Crippen LogP contribution in [-0.4, -0.2) is 53.4 Å². The van der Waals surface area contributed by atoms with Gasteiger partial charge in [0, 0.05) is 17.5 Å². The van der Waals surface area contributed by atoms with E-state index in [2.05, 4.69) is 32.8 Å². The van der Waals surface area contributed by atoms with Crippen molar-refractivity contribution in [1.29, 1.82) is 0 Å². The number of thiophene rings is 1. The minimum absolute atomic E-state index is 0.111. The molecule has 26 heavy (non-hydrogen) atoms. The van der Waals surface area contributed by atoms with Crippen LogP contribution in [-0.2, 0) is 4.79 Å². The average Bonchev–Trinajstić information content (AvgIpc) is 3.35. The van der Waals surface area contributed by atoms with Crippen molar-refractivity contribution in [2.24, 2.45) is 0 Å². The highest BCUT2D eigenvalue weighted by atomic mass is 127. The molecule has 1 aliphatic rings. The van der Waals surface area contributed by atoms with Crippen LogP contribution in [0.15, 0.2) is 34.7 Å². The van der Waals surface area contributed by atoms with Gasteiger partial charge in [-0.15, -0.1) is 21.5 Å². The minimum Gasteiger partial charge on any atom is -0.342 e. The molecule has 9 heteroatoms. The molecule has 0 aliphatic carbocycles. The largest absolute Gasteiger partial charge is 0.342 e. The molecule has 0 aromatic carbocycles. The van der Waals surface area contributed by atoms with Crippen molar-refractivity contribution in [2.45, 2.75) is 29.5 Å². The molecule has 3 aromatic heterocycles. The van der Waals surface area contributed by atoms with Crippen LogP contribution in [0, 0.1) is 0 Å². The predicted octanol–water partition coefficient (Wildman–Crippen LogP) is 3.76. The fraction of sp³-hybridized carbons (Fsp3) is 0.412. The Hall–Kier alpha value is -1.20. The zero-order chi connectivity index (χ0) is 17.9. The Labute approximate surface area is 173 Å². The topological polar surface area (TPSA) is 63.4 Å². The number of hydrogen-bond donors (Lipinski definition) is 0. The normalized spacial score (nSPS) is 16.1. The monoisotopic (exact) mass is 499 g/mol. The number of carbonyl (C=O) groups excluding carboxylic acids is 1. The number of amides is 1. The van der Waals surface area contributed by atoms with Gasteiger partial charge in [-0.25, -0.2) is 0 Å². The molecule has 1 aliphatic heterocycles. The first-order valence-electron chi connectivity index (χ1n) is 8.54. The Balaban J connectivity index is 1.57. The molecule has 0 radical (unpaired) electrons. The van der Waals surface area contributed by atoms with Gasteiger partial charge in [-0.3, -0.25) is 4.79 Å². The third-order valence-corrected chi connectivity index (χ3v) is 7.78. The molecule has 3 aromatic rings. The molecule has 136 valence electrons. The van der Waals surface area contributed by atoms with Crippen molar-refractivity contribution in [3.63, 3.8) is 0 Å². The van der Waals surface area contributed by atoms with Gasteiger partial charge >= 0.3 is 0 Å². The lowest BCUT2D eigenvalue weighted by atomic mass is 10.1. The summed E-state index contributed by atoms with van der Waals surface area (Å²) >= 11 is 5.44. The van der Waals surface area contributed by atoms with Crippen LogP contribution >= 0.6 is 45.7 Å². The maximum atomic E-state index is 12.8. The van der Waals surface area contributed by atoms with Crippen LogP contribution < -0.4 is 0 Å². The van der Waals surface area contributed by atoms with E-state index in [1.165, 1.54) is 18.2 Å². The molecule has 0 spiro atoms. The van der Waals surface area contributed by atoms with E-state index >= 15 is 0 Å². The first kappa shape index (κ1) is 18.2. The van der Waals surface area contributed by atoms with Crippen molar-refractivity contribution in [2.75, 3.05) is 17.5 Å². The van der Waals surface area contributed by atoms with Gasteiger partial charge in [0.25, 0.3) is 0 Å². The van der Waals surface area contributed by atoms with Gasteiger partial charge in [0.05, 0.1) is 10.1 Å². The predicted molar refractivity (Wildman–Crippen MR) is 113 cm³/mol. The van der Waals surface area contributed by atoms with Crippen LogP contribution in [0.2, 0.25) is 0 Å². The maximum Gasteiger partial charge on any atom is 0.236 e. The zero-order valence-electron chi connectivity index (χ0n) is 14.0. The molecule has 0 N–H and O–H groups in total. The quantitative estimate of drug-likeness (QED) is 0.304. The molecule has 4 heterocycles. The summed E-state index contributed by atoms with van der Waals surface area (Å²) in [5, 5.41) is 15.9. The van der Waals surface area contributed by atoms with E-state index in [-0.39, 0.29) is 11.2 Å². The number of likely N-dealkylation sites (tertiary alicyclic amines) is 1. The second kappa shape index (κ2) is 8.22. The van der Waals surface area contributed by atoms with Crippen LogP contribution in [0.3, 0.4) is 0 Å². The average molecular weight is 499 g/mol. The Bertz CT molecular complexity index is 892. The molecule has 1 amide bonds. The van der Waals surface area contributed by atoms with Gasteiger partial charge in [-0.05, 0) is 42.8 Å². The second-order valence-corrected chi connectivity index (χ2v) is 9.14. The lowest BCUT2D eigenvalue weighted by Crippen LogP contribution is -2.41. The fourth-order valence-corrected chi connectivity index (χ4v) is 5.50. The number of alkyl halides is 1. The first-order valence-corrected chi connectivity index (χ1v) is 11.8. The minimum atomic E-state index is -0.111. The Morgan fingerprint density at radius 3 is 2.81 bits per heavy atom. The van der Waals surface area contributed by atoms with Gasteiger partial charge < -0.3 is 4.90 Å². The summed E-state index contributed by atoms with van der Waals surface area (Å²) in [6.45, 7) is 1.76. The number of halogens is 1. The van der Waals surface area contributed by atoms with Crippen molar-refractivity contribution < 1.29 is 4.79 Å². The number of piperidine rings is 1. The van der Waals surface area contributed by atoms with Gasteiger partial charge in [0.1, 0.15) is 5.03 Å². The number of thioether (sulfide) groups is 1. The molecular weight excluding hydrogens is 481 g/mol. The van der Waals surface area contributed by atoms with Crippen LogP contribution in [0.1, 0.15) is 19.3 Å². The molecule has 0 unspecified atom stereocenters. The number of carbonyl (C=O) groups is 1. The smallest absolute Gasteiger partial charge is 0.236 e. The number of aromatic nitrogens is 4. The molecule has 4 rings (SSSR count). The van der Waals surface area contributed by atoms with E-state index in [1.54, 1.807) is 15.9 Å². The number of rotatable bonds is 5. The summed E-state index contributed by atoms with van der Waals surface area (Å²) < 4.78 is 2.53. The van der Waals surface area contributed by atoms with E-state index in [0.717, 1.165) is 46.1 Å². The van der Waals surface area contributed by atoms with Crippen LogP contribution in [0.4, 0.5) is 0 Å². The van der Waals surface area contributed by atoms with Gasteiger partial charge in [0.2, 0.25) is 5.91 Å². The molecular formula is C17H18IN5OS2. The van der Waals surface area contributed by atoms with Crippen molar-refractivity contribution in [1.82, 2.24) is 24.7 Å². The lowest BCUT2D eigenvalue weighted by Gasteiger charge is -2.29. The zero-order valence-corrected chi connectivity index (χ0v) is 17.8. The highest BCUT2D eigenvalue weighted by molar-refractivity contribution is 14.1. The maximum absolute atomic E-state index is 12.8. The first-order chi connectivity index (χ1) is 12.8. The fourth-order valence-electron chi connectivity index (χ4n) is 3.01. The third kappa shape index (κ3) is 3.74. The Morgan fingerprint density at radius 1 is 1.23 bits per heavy atom. The molecule has 6 nitrogen and oxygen atoms in total. The van der Waals surface area contributed by atoms with Crippen LogP contribution in [0.25, 0.3) is 16.3 Å². The number of hydrogen-bond acceptors (Lipinski definition) is 6. The summed E-state index contributed by atoms with van der Waals surface area (Å²) in [6.07, 6.45) is 3.45. The van der Waals surface area contributed by atoms with E-state index in [4.69, 9.17) is 5.10 Å². The SMILES string of the molecule is O=C([C@H](CI)Sc1ccc2nnc(-c3cccs3)n2n1)N1CCCCC1. The molecule has 1 atom stereocenters. The summed E-state index contributed by atoms with van der Waals surface area (Å²) in [7, 11) is 0. The summed E-state index contributed by atoms with van der Waals surface area (Å²) in [6, 6.07) is 7.84. The van der Waals surface area contributed by atoms with Crippen molar-refractivity contribution >= 4 is 57.2 Å². The number of nitrogens with zero attached hydrogens (tertiary/aromatic N) is 5. The number of fused-ring (bicyclic) bond motifs is 1. The summed E-state index contributed by atoms with van der Waals surface area (Å²) in [5.41, 5.74) is 0.714. The summed E-state index contributed by atoms with van der Waals surface area (Å²) in [5.74, 6) is 0.971. The van der Waals surface area contributed by atoms with Crippen LogP contribution in [0.5, 0.6) is 0 Å². The lowest BCUT2D eigenvalue weighted by molar-refractivity contribution is -0.131. The Morgan fingerprint density at radius 2 is 2.08 bits per heavy atom. The second-order valence-electron chi connectivity index (χ2n) is 6.09. The standard InChI is InChI=1S/C17H18IN5OS2/c18-11-13(17(24)22-8-2-1-3-9-22)26-15-7-6-14-19-20-16(23(14)21-15)12-5-4-10-25-12/h4-7,10,13H,1-3,8-9,11H2/t13-/m0/s1. The Kier molecular flexibility index (Phi) is 5.75. The third-order valence-electron chi connectivity index (χ3n) is 4.33. The van der Waals surface area contributed by atoms with Gasteiger partial charge in [-0.2, -0.15) is 9.61 Å². The van der Waals surface area contributed by atoms with Gasteiger partial charge in [-0.1, -0.05) is 40.4 Å². The van der Waals surface area contributed by atoms with Gasteiger partial charge in [0.15, 0.2) is 11.5 Å². The van der Waals surface area contributed by atoms with E-state index < -0.39 is 0 Å². The highest BCUT2D eigenvalue weighted by Gasteiger charge is 2.26. The molecule has 0 saturated carbocycles. The highest BCUT2D eigenvalue weighted by Crippen LogP contribution is 2.28. The van der Waals surface area contributed by atoms with Crippen molar-refractivity contribution in [3.8, 4) is 10.7 Å². The molecule has 1 fully saturated rings. The van der Waals surface area contributed by atoms with E-state index in [9.17, 15) is 4.79 Å². The van der Waals surface area contributed by atoms with E-state index in [0.29, 0.717) is 5.65 Å². The van der Waals surface area contributed by atoms with Crippen molar-refractivity contribution in [3.05, 3.63) is 29.6 Å². The molecule has 1 saturated heterocycles. The van der Waals surface area contributed by atoms with E-state index in [1.807, 2.05) is 34.5 Å². The summed E-state index contributed by atoms with van der Waals surface area (Å²) in [4.78, 5) is 15.9.